The Balaban J connectivity index is 1.44. The molecule has 0 saturated carbocycles. The fourth-order valence-electron chi connectivity index (χ4n) is 3.24. The molecule has 1 aromatic carbocycles. The highest BCUT2D eigenvalue weighted by Crippen LogP contribution is 2.26. The molecular weight excluding hydrogens is 320 g/mol. The maximum absolute atomic E-state index is 12.4. The molecule has 0 aliphatic carbocycles. The third-order valence-corrected chi connectivity index (χ3v) is 4.90. The van der Waals surface area contributed by atoms with Crippen LogP contribution in [-0.4, -0.2) is 57.5 Å². The summed E-state index contributed by atoms with van der Waals surface area (Å²) in [6.45, 7) is 6.43. The molecule has 0 aromatic heterocycles. The number of carbonyl (C=O) groups is 1. The van der Waals surface area contributed by atoms with Gasteiger partial charge >= 0.3 is 6.03 Å². The van der Waals surface area contributed by atoms with Gasteiger partial charge in [0.2, 0.25) is 0 Å². The number of urea groups is 1. The summed E-state index contributed by atoms with van der Waals surface area (Å²) < 4.78 is 16.3. The molecule has 2 saturated heterocycles. The summed E-state index contributed by atoms with van der Waals surface area (Å²) in [6.07, 6.45) is 2.10. The van der Waals surface area contributed by atoms with Crippen molar-refractivity contribution in [1.29, 1.82) is 0 Å². The number of piperidine rings is 1. The molecule has 138 valence electrons. The van der Waals surface area contributed by atoms with Crippen molar-refractivity contribution in [1.82, 2.24) is 10.2 Å². The number of rotatable bonds is 6. The lowest BCUT2D eigenvalue weighted by Crippen LogP contribution is -2.53. The van der Waals surface area contributed by atoms with E-state index in [2.05, 4.69) is 12.2 Å². The molecule has 2 aliphatic rings. The Labute approximate surface area is 149 Å². The minimum atomic E-state index is 0.0270. The largest absolute Gasteiger partial charge is 0.497 e. The van der Waals surface area contributed by atoms with E-state index in [9.17, 15) is 4.79 Å². The maximum atomic E-state index is 12.4. The third kappa shape index (κ3) is 4.78. The number of ether oxygens (including phenoxy) is 3. The van der Waals surface area contributed by atoms with Gasteiger partial charge < -0.3 is 24.4 Å². The average molecular weight is 348 g/mol. The van der Waals surface area contributed by atoms with Crippen LogP contribution in [0.25, 0.3) is 0 Å². The highest BCUT2D eigenvalue weighted by atomic mass is 16.5. The Bertz CT molecular complexity index is 589. The molecule has 6 heteroatoms. The van der Waals surface area contributed by atoms with Gasteiger partial charge in [-0.1, -0.05) is 13.0 Å². The van der Waals surface area contributed by atoms with Crippen molar-refractivity contribution < 1.29 is 19.0 Å². The van der Waals surface area contributed by atoms with Crippen LogP contribution >= 0.6 is 0 Å². The number of hydrogen-bond acceptors (Lipinski definition) is 4. The fourth-order valence-corrected chi connectivity index (χ4v) is 3.24. The minimum Gasteiger partial charge on any atom is -0.497 e. The quantitative estimate of drug-likeness (QED) is 0.858. The van der Waals surface area contributed by atoms with Crippen LogP contribution in [0.3, 0.4) is 0 Å². The molecule has 0 spiro atoms. The van der Waals surface area contributed by atoms with Gasteiger partial charge in [-0.3, -0.25) is 0 Å². The molecule has 3 rings (SSSR count). The lowest BCUT2D eigenvalue weighted by atomic mass is 9.89. The van der Waals surface area contributed by atoms with Crippen molar-refractivity contribution in [3.8, 4) is 11.5 Å². The van der Waals surface area contributed by atoms with Crippen molar-refractivity contribution in [2.24, 2.45) is 11.3 Å². The van der Waals surface area contributed by atoms with Crippen molar-refractivity contribution in [2.45, 2.75) is 19.8 Å². The van der Waals surface area contributed by atoms with Crippen LogP contribution in [0.4, 0.5) is 4.79 Å². The average Bonchev–Trinajstić information content (AvgIpc) is 2.63. The topological polar surface area (TPSA) is 60.0 Å². The van der Waals surface area contributed by atoms with E-state index < -0.39 is 0 Å². The van der Waals surface area contributed by atoms with Crippen LogP contribution < -0.4 is 14.8 Å². The molecule has 6 nitrogen and oxygen atoms in total. The van der Waals surface area contributed by atoms with Gasteiger partial charge in [0, 0.05) is 37.0 Å². The zero-order chi connectivity index (χ0) is 17.7. The number of likely N-dealkylation sites (tertiary alicyclic amines) is 1. The van der Waals surface area contributed by atoms with E-state index in [0.29, 0.717) is 19.1 Å². The van der Waals surface area contributed by atoms with Gasteiger partial charge in [-0.25, -0.2) is 4.79 Å². The van der Waals surface area contributed by atoms with E-state index in [1.165, 1.54) is 0 Å². The summed E-state index contributed by atoms with van der Waals surface area (Å²) >= 11 is 0. The van der Waals surface area contributed by atoms with E-state index in [4.69, 9.17) is 14.2 Å². The first-order valence-electron chi connectivity index (χ1n) is 8.95. The highest BCUT2D eigenvalue weighted by molar-refractivity contribution is 5.74. The zero-order valence-corrected chi connectivity index (χ0v) is 15.1. The Kier molecular flexibility index (Phi) is 5.68. The summed E-state index contributed by atoms with van der Waals surface area (Å²) in [5.41, 5.74) is 0.0975. The highest BCUT2D eigenvalue weighted by Gasteiger charge is 2.34. The van der Waals surface area contributed by atoms with Crippen molar-refractivity contribution in [3.63, 3.8) is 0 Å². The molecule has 1 atom stereocenters. The summed E-state index contributed by atoms with van der Waals surface area (Å²) in [6, 6.07) is 7.65. The molecule has 1 aromatic rings. The van der Waals surface area contributed by atoms with Crippen molar-refractivity contribution >= 4 is 6.03 Å². The monoisotopic (exact) mass is 348 g/mol. The first kappa shape index (κ1) is 17.9. The van der Waals surface area contributed by atoms with E-state index in [1.807, 2.05) is 29.2 Å². The second-order valence-corrected chi connectivity index (χ2v) is 7.41. The second-order valence-electron chi connectivity index (χ2n) is 7.41. The molecule has 0 bridgehead atoms. The van der Waals surface area contributed by atoms with Gasteiger partial charge in [0.25, 0.3) is 0 Å². The van der Waals surface area contributed by atoms with Crippen LogP contribution in [0.5, 0.6) is 11.5 Å². The summed E-state index contributed by atoms with van der Waals surface area (Å²) in [4.78, 5) is 14.3. The Morgan fingerprint density at radius 3 is 2.92 bits per heavy atom. The number of carbonyl (C=O) groups excluding carboxylic acids is 1. The van der Waals surface area contributed by atoms with E-state index in [-0.39, 0.29) is 11.4 Å². The van der Waals surface area contributed by atoms with Gasteiger partial charge in [0.1, 0.15) is 11.5 Å². The minimum absolute atomic E-state index is 0.0270. The number of nitrogens with one attached hydrogen (secondary N) is 1. The number of nitrogens with zero attached hydrogens (tertiary/aromatic N) is 1. The molecule has 2 amide bonds. The summed E-state index contributed by atoms with van der Waals surface area (Å²) in [5.74, 6) is 1.95. The predicted molar refractivity (Wildman–Crippen MR) is 95.1 cm³/mol. The van der Waals surface area contributed by atoms with Gasteiger partial charge in [0.15, 0.2) is 0 Å². The molecule has 2 fully saturated rings. The zero-order valence-electron chi connectivity index (χ0n) is 15.1. The normalized spacial score (nSPS) is 22.0. The second kappa shape index (κ2) is 7.95. The van der Waals surface area contributed by atoms with Crippen LogP contribution in [0, 0.1) is 11.3 Å². The van der Waals surface area contributed by atoms with Gasteiger partial charge in [-0.2, -0.15) is 0 Å². The Hall–Kier alpha value is -1.95. The lowest BCUT2D eigenvalue weighted by Gasteiger charge is -2.39. The predicted octanol–water partition coefficient (Wildman–Crippen LogP) is 2.53. The summed E-state index contributed by atoms with van der Waals surface area (Å²) in [7, 11) is 1.65. The van der Waals surface area contributed by atoms with Gasteiger partial charge in [0.05, 0.1) is 26.9 Å². The first-order chi connectivity index (χ1) is 12.1. The number of amides is 2. The van der Waals surface area contributed by atoms with Crippen molar-refractivity contribution in [3.05, 3.63) is 24.3 Å². The van der Waals surface area contributed by atoms with Crippen LogP contribution in [0.15, 0.2) is 24.3 Å². The molecule has 2 heterocycles. The molecular formula is C19H28N2O4. The first-order valence-corrected chi connectivity index (χ1v) is 8.95. The Morgan fingerprint density at radius 2 is 2.20 bits per heavy atom. The summed E-state index contributed by atoms with van der Waals surface area (Å²) in [5, 5.41) is 3.05. The maximum Gasteiger partial charge on any atom is 0.317 e. The van der Waals surface area contributed by atoms with E-state index >= 15 is 0 Å². The smallest absolute Gasteiger partial charge is 0.317 e. The molecule has 2 aliphatic heterocycles. The number of methoxy groups -OCH3 is 1. The molecule has 1 N–H and O–H groups in total. The van der Waals surface area contributed by atoms with Crippen LogP contribution in [0.2, 0.25) is 0 Å². The SMILES string of the molecule is COc1cccc(OCC2CCCN(C(=O)NCC3(C)COC3)C2)c1. The van der Waals surface area contributed by atoms with Gasteiger partial charge in [-0.15, -0.1) is 0 Å². The van der Waals surface area contributed by atoms with Gasteiger partial charge in [-0.05, 0) is 25.0 Å². The van der Waals surface area contributed by atoms with Crippen molar-refractivity contribution in [2.75, 3.05) is 46.6 Å². The fraction of sp³-hybridized carbons (Fsp3) is 0.632. The van der Waals surface area contributed by atoms with E-state index in [0.717, 1.165) is 50.6 Å². The molecule has 0 radical (unpaired) electrons. The number of benzene rings is 1. The standard InChI is InChI=1S/C19H28N2O4/c1-19(13-24-14-19)12-20-18(22)21-8-4-5-15(10-21)11-25-17-7-3-6-16(9-17)23-2/h3,6-7,9,15H,4-5,8,10-14H2,1-2H3,(H,20,22). The lowest BCUT2D eigenvalue weighted by molar-refractivity contribution is -0.0979. The van der Waals surface area contributed by atoms with Crippen LogP contribution in [-0.2, 0) is 4.74 Å². The van der Waals surface area contributed by atoms with E-state index in [1.54, 1.807) is 7.11 Å². The molecule has 25 heavy (non-hydrogen) atoms. The molecule has 1 unspecified atom stereocenters. The Morgan fingerprint density at radius 1 is 1.40 bits per heavy atom. The van der Waals surface area contributed by atoms with Crippen LogP contribution in [0.1, 0.15) is 19.8 Å². The third-order valence-electron chi connectivity index (χ3n) is 4.90. The number of hydrogen-bond donors (Lipinski definition) is 1.